The van der Waals surface area contributed by atoms with Crippen molar-refractivity contribution in [2.75, 3.05) is 0 Å². The van der Waals surface area contributed by atoms with Crippen LogP contribution < -0.4 is 0 Å². The fourth-order valence-electron chi connectivity index (χ4n) is 3.09. The molecule has 1 aliphatic rings. The number of halogens is 1. The Morgan fingerprint density at radius 1 is 1.17 bits per heavy atom. The quantitative estimate of drug-likeness (QED) is 0.848. The smallest absolute Gasteiger partial charge is 0.157 e. The van der Waals surface area contributed by atoms with Crippen molar-refractivity contribution in [2.24, 2.45) is 0 Å². The van der Waals surface area contributed by atoms with Crippen LogP contribution >= 0.6 is 0 Å². The number of nitrogens with zero attached hydrogens (tertiary/aromatic N) is 1. The van der Waals surface area contributed by atoms with Gasteiger partial charge in [-0.2, -0.15) is 0 Å². The zero-order chi connectivity index (χ0) is 16.4. The van der Waals surface area contributed by atoms with E-state index >= 15 is 0 Å². The average molecular weight is 331 g/mol. The number of hydrogen-bond donors (Lipinski definition) is 1. The van der Waals surface area contributed by atoms with Gasteiger partial charge in [0.15, 0.2) is 11.1 Å². The molecule has 1 aliphatic carbocycles. The van der Waals surface area contributed by atoms with Crippen molar-refractivity contribution in [3.8, 4) is 0 Å². The molecule has 0 saturated carbocycles. The second kappa shape index (κ2) is 6.72. The Morgan fingerprint density at radius 3 is 2.57 bits per heavy atom. The molecule has 3 rings (SSSR count). The molecule has 5 heteroatoms. The van der Waals surface area contributed by atoms with E-state index in [0.29, 0.717) is 0 Å². The zero-order valence-electron chi connectivity index (χ0n) is 12.9. The first-order valence-electron chi connectivity index (χ1n) is 7.55. The summed E-state index contributed by atoms with van der Waals surface area (Å²) in [5.41, 5.74) is 5.69. The SMILES string of the molecule is Cc1cncc(C2=C(c3ccc(CS(=O)O)c(F)c3)CCC2)c1. The van der Waals surface area contributed by atoms with Crippen molar-refractivity contribution in [1.82, 2.24) is 4.98 Å². The van der Waals surface area contributed by atoms with E-state index < -0.39 is 16.9 Å². The van der Waals surface area contributed by atoms with Gasteiger partial charge in [-0.3, -0.25) is 4.98 Å². The minimum Gasteiger partial charge on any atom is -0.306 e. The summed E-state index contributed by atoms with van der Waals surface area (Å²) in [6, 6.07) is 7.03. The van der Waals surface area contributed by atoms with Crippen LogP contribution in [0.4, 0.5) is 4.39 Å². The van der Waals surface area contributed by atoms with E-state index in [1.54, 1.807) is 6.07 Å². The largest absolute Gasteiger partial charge is 0.306 e. The molecule has 1 unspecified atom stereocenters. The van der Waals surface area contributed by atoms with Crippen LogP contribution in [0.1, 0.15) is 41.5 Å². The Bertz CT molecular complexity index is 801. The molecule has 0 fully saturated rings. The van der Waals surface area contributed by atoms with Crippen LogP contribution in [0.5, 0.6) is 0 Å². The molecule has 2 aromatic rings. The lowest BCUT2D eigenvalue weighted by Crippen LogP contribution is -1.98. The first-order valence-corrected chi connectivity index (χ1v) is 8.82. The van der Waals surface area contributed by atoms with Crippen LogP contribution in [0.2, 0.25) is 0 Å². The van der Waals surface area contributed by atoms with Crippen LogP contribution in [0.3, 0.4) is 0 Å². The van der Waals surface area contributed by atoms with Crippen LogP contribution in [0, 0.1) is 12.7 Å². The van der Waals surface area contributed by atoms with Crippen LogP contribution in [-0.2, 0) is 16.8 Å². The molecule has 0 saturated heterocycles. The Hall–Kier alpha value is -1.85. The maximum absolute atomic E-state index is 14.2. The maximum Gasteiger partial charge on any atom is 0.157 e. The van der Waals surface area contributed by atoms with Gasteiger partial charge in [0.2, 0.25) is 0 Å². The van der Waals surface area contributed by atoms with E-state index in [-0.39, 0.29) is 11.3 Å². The first kappa shape index (κ1) is 16.0. The molecule has 1 N–H and O–H groups in total. The third kappa shape index (κ3) is 3.57. The number of benzene rings is 1. The Kier molecular flexibility index (Phi) is 4.68. The van der Waals surface area contributed by atoms with Gasteiger partial charge in [0.05, 0.1) is 5.75 Å². The van der Waals surface area contributed by atoms with E-state index in [9.17, 15) is 8.60 Å². The molecule has 0 aliphatic heterocycles. The highest BCUT2D eigenvalue weighted by atomic mass is 32.2. The zero-order valence-corrected chi connectivity index (χ0v) is 13.7. The standard InChI is InChI=1S/C18H18FNO2S/c1-12-7-15(10-20-9-12)17-4-2-3-16(17)13-5-6-14(11-23(21)22)18(19)8-13/h5-10H,2-4,11H2,1H3,(H,21,22). The summed E-state index contributed by atoms with van der Waals surface area (Å²) in [6.45, 7) is 2.01. The molecule has 3 nitrogen and oxygen atoms in total. The van der Waals surface area contributed by atoms with E-state index in [1.165, 1.54) is 11.6 Å². The maximum atomic E-state index is 14.2. The van der Waals surface area contributed by atoms with Crippen molar-refractivity contribution in [1.29, 1.82) is 0 Å². The Labute approximate surface area is 137 Å². The molecule has 1 heterocycles. The van der Waals surface area contributed by atoms with Crippen molar-refractivity contribution in [3.05, 3.63) is 64.7 Å². The van der Waals surface area contributed by atoms with Crippen LogP contribution in [-0.4, -0.2) is 13.7 Å². The molecule has 1 aromatic carbocycles. The fourth-order valence-corrected chi connectivity index (χ4v) is 3.59. The Morgan fingerprint density at radius 2 is 1.91 bits per heavy atom. The molecule has 0 spiro atoms. The summed E-state index contributed by atoms with van der Waals surface area (Å²) < 4.78 is 34.0. The van der Waals surface area contributed by atoms with Crippen molar-refractivity contribution < 1.29 is 13.2 Å². The number of pyridine rings is 1. The lowest BCUT2D eigenvalue weighted by molar-refractivity contribution is 0.559. The predicted octanol–water partition coefficient (Wildman–Crippen LogP) is 4.35. The van der Waals surface area contributed by atoms with Gasteiger partial charge in [0.1, 0.15) is 5.82 Å². The monoisotopic (exact) mass is 331 g/mol. The van der Waals surface area contributed by atoms with Gasteiger partial charge < -0.3 is 4.55 Å². The number of rotatable bonds is 4. The summed E-state index contributed by atoms with van der Waals surface area (Å²) >= 11 is -2.03. The van der Waals surface area contributed by atoms with Gasteiger partial charge in [-0.05, 0) is 66.2 Å². The summed E-state index contributed by atoms with van der Waals surface area (Å²) in [5, 5.41) is 0. The van der Waals surface area contributed by atoms with Gasteiger partial charge >= 0.3 is 0 Å². The molecule has 0 bridgehead atoms. The third-order valence-electron chi connectivity index (χ3n) is 4.12. The second-order valence-electron chi connectivity index (χ2n) is 5.83. The van der Waals surface area contributed by atoms with E-state index in [1.807, 2.05) is 25.4 Å². The second-order valence-corrected chi connectivity index (χ2v) is 6.77. The topological polar surface area (TPSA) is 50.2 Å². The summed E-state index contributed by atoms with van der Waals surface area (Å²) in [7, 11) is 0. The summed E-state index contributed by atoms with van der Waals surface area (Å²) in [4.78, 5) is 4.25. The predicted molar refractivity (Wildman–Crippen MR) is 90.5 cm³/mol. The number of allylic oxidation sites excluding steroid dienone is 2. The van der Waals surface area contributed by atoms with E-state index in [4.69, 9.17) is 4.55 Å². The minimum atomic E-state index is -2.03. The van der Waals surface area contributed by atoms with Crippen molar-refractivity contribution >= 4 is 22.2 Å². The summed E-state index contributed by atoms with van der Waals surface area (Å²) in [6.07, 6.45) is 6.59. The van der Waals surface area contributed by atoms with Gasteiger partial charge in [-0.25, -0.2) is 8.60 Å². The summed E-state index contributed by atoms with van der Waals surface area (Å²) in [5.74, 6) is -0.606. The highest BCUT2D eigenvalue weighted by Gasteiger charge is 2.19. The molecule has 1 aromatic heterocycles. The highest BCUT2D eigenvalue weighted by Crippen LogP contribution is 2.40. The van der Waals surface area contributed by atoms with E-state index in [2.05, 4.69) is 11.1 Å². The fraction of sp³-hybridized carbons (Fsp3) is 0.278. The highest BCUT2D eigenvalue weighted by molar-refractivity contribution is 7.78. The van der Waals surface area contributed by atoms with E-state index in [0.717, 1.165) is 41.5 Å². The molecule has 120 valence electrons. The van der Waals surface area contributed by atoms with Gasteiger partial charge in [0, 0.05) is 18.0 Å². The Balaban J connectivity index is 2.00. The average Bonchev–Trinajstić information content (AvgIpc) is 2.98. The molecule has 0 amide bonds. The molecule has 23 heavy (non-hydrogen) atoms. The molecular weight excluding hydrogens is 313 g/mol. The first-order chi connectivity index (χ1) is 11.0. The number of aryl methyl sites for hydroxylation is 1. The van der Waals surface area contributed by atoms with Crippen molar-refractivity contribution in [3.63, 3.8) is 0 Å². The van der Waals surface area contributed by atoms with Crippen LogP contribution in [0.15, 0.2) is 36.7 Å². The lowest BCUT2D eigenvalue weighted by atomic mass is 9.96. The van der Waals surface area contributed by atoms with Crippen LogP contribution in [0.25, 0.3) is 11.1 Å². The molecule has 0 radical (unpaired) electrons. The molecule has 1 atom stereocenters. The number of aromatic nitrogens is 1. The number of hydrogen-bond acceptors (Lipinski definition) is 2. The van der Waals surface area contributed by atoms with Crippen molar-refractivity contribution in [2.45, 2.75) is 31.9 Å². The van der Waals surface area contributed by atoms with Gasteiger partial charge in [-0.1, -0.05) is 12.1 Å². The lowest BCUT2D eigenvalue weighted by Gasteiger charge is -2.10. The molecular formula is C18H18FNO2S. The van der Waals surface area contributed by atoms with Gasteiger partial charge in [0.25, 0.3) is 0 Å². The third-order valence-corrected chi connectivity index (χ3v) is 4.68. The normalized spacial score (nSPS) is 16.0. The minimum absolute atomic E-state index is 0.181. The van der Waals surface area contributed by atoms with Gasteiger partial charge in [-0.15, -0.1) is 0 Å².